The lowest BCUT2D eigenvalue weighted by molar-refractivity contribution is -0.113. The Morgan fingerprint density at radius 2 is 1.77 bits per heavy atom. The van der Waals surface area contributed by atoms with Gasteiger partial charge in [-0.05, 0) is 55.7 Å². The number of phenolic OH excluding ortho intramolecular Hbond substituents is 1. The molecule has 26 heavy (non-hydrogen) atoms. The zero-order valence-electron chi connectivity index (χ0n) is 14.9. The third-order valence-electron chi connectivity index (χ3n) is 4.38. The van der Waals surface area contributed by atoms with Gasteiger partial charge in [-0.15, -0.1) is 0 Å². The molecule has 0 bridgehead atoms. The molecule has 4 N–H and O–H groups in total. The first kappa shape index (κ1) is 17.5. The zero-order chi connectivity index (χ0) is 18.8. The van der Waals surface area contributed by atoms with E-state index in [1.165, 1.54) is 12.1 Å². The molecule has 0 unspecified atom stereocenters. The molecular weight excluding hydrogens is 330 g/mol. The quantitative estimate of drug-likeness (QED) is 0.684. The second-order valence-electron chi connectivity index (χ2n) is 6.43. The van der Waals surface area contributed by atoms with Crippen molar-refractivity contribution in [2.45, 2.75) is 26.8 Å². The maximum atomic E-state index is 13.0. The van der Waals surface area contributed by atoms with E-state index in [2.05, 4.69) is 16.0 Å². The van der Waals surface area contributed by atoms with Crippen LogP contribution in [-0.4, -0.2) is 17.0 Å². The Morgan fingerprint density at radius 1 is 1.08 bits per heavy atom. The van der Waals surface area contributed by atoms with Crippen LogP contribution < -0.4 is 16.0 Å². The fraction of sp³-hybridized carbons (Fsp3) is 0.200. The zero-order valence-corrected chi connectivity index (χ0v) is 14.9. The number of anilines is 1. The van der Waals surface area contributed by atoms with Crippen LogP contribution in [0, 0.1) is 13.8 Å². The van der Waals surface area contributed by atoms with Gasteiger partial charge < -0.3 is 21.1 Å². The van der Waals surface area contributed by atoms with Crippen LogP contribution in [0.25, 0.3) is 0 Å². The highest BCUT2D eigenvalue weighted by Gasteiger charge is 2.31. The predicted octanol–water partition coefficient (Wildman–Crippen LogP) is 3.28. The van der Waals surface area contributed by atoms with Crippen molar-refractivity contribution < 1.29 is 14.7 Å². The topological polar surface area (TPSA) is 90.5 Å². The normalized spacial score (nSPS) is 16.7. The van der Waals surface area contributed by atoms with E-state index in [-0.39, 0.29) is 17.7 Å². The molecule has 1 heterocycles. The van der Waals surface area contributed by atoms with Crippen LogP contribution in [-0.2, 0) is 4.79 Å². The Labute approximate surface area is 151 Å². The summed E-state index contributed by atoms with van der Waals surface area (Å²) in [6.07, 6.45) is 0. The highest BCUT2D eigenvalue weighted by atomic mass is 16.3. The molecule has 2 aromatic rings. The van der Waals surface area contributed by atoms with Crippen LogP contribution in [0.5, 0.6) is 5.75 Å². The average Bonchev–Trinajstić information content (AvgIpc) is 2.58. The molecule has 1 aliphatic rings. The molecule has 0 saturated heterocycles. The molecular formula is C20H21N3O3. The van der Waals surface area contributed by atoms with Gasteiger partial charge >= 0.3 is 6.03 Å². The summed E-state index contributed by atoms with van der Waals surface area (Å²) < 4.78 is 0. The number of benzene rings is 2. The molecule has 2 aromatic carbocycles. The minimum absolute atomic E-state index is 0.121. The first-order valence-corrected chi connectivity index (χ1v) is 8.31. The van der Waals surface area contributed by atoms with Gasteiger partial charge in [0.05, 0.1) is 11.6 Å². The second kappa shape index (κ2) is 6.92. The molecule has 3 rings (SSSR count). The van der Waals surface area contributed by atoms with E-state index >= 15 is 0 Å². The highest BCUT2D eigenvalue weighted by Crippen LogP contribution is 2.29. The Kier molecular flexibility index (Phi) is 4.67. The monoisotopic (exact) mass is 351 g/mol. The van der Waals surface area contributed by atoms with Gasteiger partial charge in [0.1, 0.15) is 5.75 Å². The maximum Gasteiger partial charge on any atom is 0.319 e. The molecule has 6 nitrogen and oxygen atoms in total. The first-order chi connectivity index (χ1) is 12.3. The van der Waals surface area contributed by atoms with Crippen LogP contribution >= 0.6 is 0 Å². The van der Waals surface area contributed by atoms with E-state index in [1.54, 1.807) is 19.1 Å². The number of hydrogen-bond donors (Lipinski definition) is 4. The van der Waals surface area contributed by atoms with E-state index in [4.69, 9.17) is 0 Å². The number of hydrogen-bond acceptors (Lipinski definition) is 3. The molecule has 1 aliphatic heterocycles. The number of urea groups is 1. The molecule has 0 radical (unpaired) electrons. The van der Waals surface area contributed by atoms with E-state index in [1.807, 2.05) is 32.0 Å². The summed E-state index contributed by atoms with van der Waals surface area (Å²) >= 11 is 0. The van der Waals surface area contributed by atoms with Crippen molar-refractivity contribution in [3.05, 3.63) is 70.4 Å². The van der Waals surface area contributed by atoms with Crippen LogP contribution in [0.2, 0.25) is 0 Å². The van der Waals surface area contributed by atoms with Gasteiger partial charge in [-0.2, -0.15) is 0 Å². The molecule has 0 spiro atoms. The first-order valence-electron chi connectivity index (χ1n) is 8.31. The van der Waals surface area contributed by atoms with Gasteiger partial charge in [0, 0.05) is 11.4 Å². The number of phenols is 1. The summed E-state index contributed by atoms with van der Waals surface area (Å²) in [6.45, 7) is 5.58. The number of carbonyl (C=O) groups excluding carboxylic acids is 2. The maximum absolute atomic E-state index is 13.0. The summed E-state index contributed by atoms with van der Waals surface area (Å²) in [6, 6.07) is 11.3. The number of aryl methyl sites for hydroxylation is 2. The van der Waals surface area contributed by atoms with Crippen molar-refractivity contribution in [2.24, 2.45) is 0 Å². The Hall–Kier alpha value is -3.28. The molecule has 6 heteroatoms. The van der Waals surface area contributed by atoms with Crippen molar-refractivity contribution in [1.29, 1.82) is 0 Å². The molecule has 1 atom stereocenters. The number of nitrogens with one attached hydrogen (secondary N) is 3. The molecule has 134 valence electrons. The standard InChI is InChI=1S/C20H21N3O3/c1-11-4-5-12(2)16(10-11)22-19(25)17-13(3)21-20(26)23-18(17)14-6-8-15(24)9-7-14/h4-10,18,24H,1-3H3,(H,22,25)(H2,21,23,26)/t18-/m0/s1. The summed E-state index contributed by atoms with van der Waals surface area (Å²) in [5, 5.41) is 17.9. The Balaban J connectivity index is 1.96. The third-order valence-corrected chi connectivity index (χ3v) is 4.38. The second-order valence-corrected chi connectivity index (χ2v) is 6.43. The number of rotatable bonds is 3. The summed E-state index contributed by atoms with van der Waals surface area (Å²) in [5.41, 5.74) is 4.36. The Bertz CT molecular complexity index is 901. The van der Waals surface area contributed by atoms with Crippen LogP contribution in [0.4, 0.5) is 10.5 Å². The summed E-state index contributed by atoms with van der Waals surface area (Å²) in [4.78, 5) is 24.9. The van der Waals surface area contributed by atoms with E-state index in [0.29, 0.717) is 16.8 Å². The van der Waals surface area contributed by atoms with Crippen molar-refractivity contribution >= 4 is 17.6 Å². The molecule has 0 aromatic heterocycles. The van der Waals surface area contributed by atoms with Crippen LogP contribution in [0.3, 0.4) is 0 Å². The lowest BCUT2D eigenvalue weighted by atomic mass is 9.94. The lowest BCUT2D eigenvalue weighted by Crippen LogP contribution is -2.46. The summed E-state index contributed by atoms with van der Waals surface area (Å²) in [5.74, 6) is -0.169. The minimum atomic E-state index is -0.602. The van der Waals surface area contributed by atoms with E-state index in [9.17, 15) is 14.7 Å². The largest absolute Gasteiger partial charge is 0.508 e. The van der Waals surface area contributed by atoms with E-state index < -0.39 is 6.04 Å². The predicted molar refractivity (Wildman–Crippen MR) is 99.8 cm³/mol. The molecule has 0 saturated carbocycles. The SMILES string of the molecule is CC1=C(C(=O)Nc2cc(C)ccc2C)[C@H](c2ccc(O)cc2)NC(=O)N1. The number of allylic oxidation sites excluding steroid dienone is 1. The average molecular weight is 351 g/mol. The minimum Gasteiger partial charge on any atom is -0.508 e. The van der Waals surface area contributed by atoms with Gasteiger partial charge in [0.15, 0.2) is 0 Å². The lowest BCUT2D eigenvalue weighted by Gasteiger charge is -2.29. The summed E-state index contributed by atoms with van der Waals surface area (Å²) in [7, 11) is 0. The van der Waals surface area contributed by atoms with E-state index in [0.717, 1.165) is 16.8 Å². The fourth-order valence-corrected chi connectivity index (χ4v) is 2.97. The highest BCUT2D eigenvalue weighted by molar-refractivity contribution is 6.07. The van der Waals surface area contributed by atoms with Gasteiger partial charge in [-0.3, -0.25) is 4.79 Å². The van der Waals surface area contributed by atoms with Gasteiger partial charge in [0.25, 0.3) is 5.91 Å². The number of amides is 3. The van der Waals surface area contributed by atoms with Gasteiger partial charge in [-0.1, -0.05) is 24.3 Å². The van der Waals surface area contributed by atoms with Crippen molar-refractivity contribution in [3.63, 3.8) is 0 Å². The fourth-order valence-electron chi connectivity index (χ4n) is 2.97. The molecule has 0 aliphatic carbocycles. The van der Waals surface area contributed by atoms with Crippen molar-refractivity contribution in [3.8, 4) is 5.75 Å². The Morgan fingerprint density at radius 3 is 2.46 bits per heavy atom. The van der Waals surface area contributed by atoms with Crippen LogP contribution in [0.15, 0.2) is 53.7 Å². The van der Waals surface area contributed by atoms with Crippen molar-refractivity contribution in [1.82, 2.24) is 10.6 Å². The molecule has 0 fully saturated rings. The molecule has 3 amide bonds. The van der Waals surface area contributed by atoms with Crippen molar-refractivity contribution in [2.75, 3.05) is 5.32 Å². The third kappa shape index (κ3) is 3.54. The van der Waals surface area contributed by atoms with Crippen LogP contribution in [0.1, 0.15) is 29.7 Å². The number of aromatic hydroxyl groups is 1. The number of carbonyl (C=O) groups is 2. The van der Waals surface area contributed by atoms with Gasteiger partial charge in [-0.25, -0.2) is 4.79 Å². The van der Waals surface area contributed by atoms with Gasteiger partial charge in [0.2, 0.25) is 0 Å². The smallest absolute Gasteiger partial charge is 0.319 e.